The number of benzene rings is 3. The molecule has 1 aliphatic heterocycles. The van der Waals surface area contributed by atoms with Crippen LogP contribution >= 0.6 is 0 Å². The molecule has 1 unspecified atom stereocenters. The zero-order valence-corrected chi connectivity index (χ0v) is 21.6. The topological polar surface area (TPSA) is 61.8 Å². The zero-order valence-electron chi connectivity index (χ0n) is 21.6. The van der Waals surface area contributed by atoms with E-state index in [9.17, 15) is 9.90 Å². The van der Waals surface area contributed by atoms with E-state index in [1.165, 1.54) is 51.6 Å². The number of ether oxygens (including phenoxy) is 1. The molecule has 2 aliphatic rings. The van der Waals surface area contributed by atoms with Gasteiger partial charge in [-0.15, -0.1) is 0 Å². The van der Waals surface area contributed by atoms with Crippen molar-refractivity contribution in [2.45, 2.75) is 44.6 Å². The van der Waals surface area contributed by atoms with E-state index in [2.05, 4.69) is 34.5 Å². The van der Waals surface area contributed by atoms with Crippen LogP contribution in [0.4, 0.5) is 0 Å². The van der Waals surface area contributed by atoms with Crippen LogP contribution in [-0.2, 0) is 0 Å². The number of carboxylic acids is 1. The molecular weight excluding hydrogens is 460 g/mol. The lowest BCUT2D eigenvalue weighted by atomic mass is 9.89. The normalized spacial score (nSPS) is 19.4. The molecule has 37 heavy (non-hydrogen) atoms. The van der Waals surface area contributed by atoms with Gasteiger partial charge in [0.15, 0.2) is 0 Å². The molecule has 1 atom stereocenters. The molecule has 1 saturated carbocycles. The third-order valence-corrected chi connectivity index (χ3v) is 7.82. The van der Waals surface area contributed by atoms with E-state index < -0.39 is 5.97 Å². The van der Waals surface area contributed by atoms with E-state index in [0.29, 0.717) is 18.2 Å². The molecular formula is C32H38N2O3. The molecule has 0 spiro atoms. The smallest absolute Gasteiger partial charge is 0.335 e. The van der Waals surface area contributed by atoms with Gasteiger partial charge in [0.05, 0.1) is 5.56 Å². The van der Waals surface area contributed by atoms with Crippen molar-refractivity contribution in [3.63, 3.8) is 0 Å². The van der Waals surface area contributed by atoms with Gasteiger partial charge in [-0.25, -0.2) is 4.79 Å². The van der Waals surface area contributed by atoms with Gasteiger partial charge in [0, 0.05) is 31.1 Å². The van der Waals surface area contributed by atoms with Crippen molar-refractivity contribution in [2.75, 3.05) is 32.8 Å². The first-order valence-electron chi connectivity index (χ1n) is 13.7. The van der Waals surface area contributed by atoms with E-state index in [4.69, 9.17) is 4.74 Å². The van der Waals surface area contributed by atoms with Gasteiger partial charge in [0.25, 0.3) is 0 Å². The number of nitrogens with zero attached hydrogens (tertiary/aromatic N) is 1. The Labute approximate surface area is 220 Å². The maximum Gasteiger partial charge on any atom is 0.335 e. The lowest BCUT2D eigenvalue weighted by molar-refractivity contribution is 0.0697. The quantitative estimate of drug-likeness (QED) is 0.346. The minimum absolute atomic E-state index is 0.299. The molecule has 0 radical (unpaired) electrons. The van der Waals surface area contributed by atoms with Crippen LogP contribution in [0.1, 0.15) is 54.4 Å². The molecule has 1 heterocycles. The van der Waals surface area contributed by atoms with Gasteiger partial charge < -0.3 is 20.1 Å². The van der Waals surface area contributed by atoms with Gasteiger partial charge in [0.1, 0.15) is 12.4 Å². The summed E-state index contributed by atoms with van der Waals surface area (Å²) in [5, 5.41) is 15.3. The summed E-state index contributed by atoms with van der Waals surface area (Å²) in [6.45, 7) is 4.76. The fourth-order valence-electron chi connectivity index (χ4n) is 5.77. The maximum atomic E-state index is 11.3. The Balaban J connectivity index is 1.24. The number of hydrogen-bond acceptors (Lipinski definition) is 4. The number of hydrogen-bond donors (Lipinski definition) is 2. The Bertz CT molecular complexity index is 1210. The second-order valence-corrected chi connectivity index (χ2v) is 10.6. The molecule has 0 bridgehead atoms. The molecule has 2 N–H and O–H groups in total. The number of nitrogens with one attached hydrogen (secondary N) is 1. The lowest BCUT2D eigenvalue weighted by Crippen LogP contribution is -2.36. The van der Waals surface area contributed by atoms with Crippen LogP contribution in [0.5, 0.6) is 5.75 Å². The molecule has 2 fully saturated rings. The first-order chi connectivity index (χ1) is 18.1. The van der Waals surface area contributed by atoms with Crippen molar-refractivity contribution in [1.82, 2.24) is 10.2 Å². The van der Waals surface area contributed by atoms with E-state index in [1.807, 2.05) is 36.4 Å². The van der Waals surface area contributed by atoms with Crippen molar-refractivity contribution >= 4 is 22.8 Å². The predicted octanol–water partition coefficient (Wildman–Crippen LogP) is 6.24. The first kappa shape index (κ1) is 25.5. The summed E-state index contributed by atoms with van der Waals surface area (Å²) in [6, 6.07) is 22.0. The van der Waals surface area contributed by atoms with Crippen LogP contribution in [0.15, 0.2) is 72.3 Å². The molecule has 5 nitrogen and oxygen atoms in total. The van der Waals surface area contributed by atoms with Gasteiger partial charge in [-0.05, 0) is 66.4 Å². The molecule has 5 heteroatoms. The molecule has 5 rings (SSSR count). The Morgan fingerprint density at radius 2 is 1.76 bits per heavy atom. The largest absolute Gasteiger partial charge is 0.489 e. The van der Waals surface area contributed by atoms with Gasteiger partial charge >= 0.3 is 5.97 Å². The average Bonchev–Trinajstić information content (AvgIpc) is 3.38. The van der Waals surface area contributed by atoms with Gasteiger partial charge in [-0.2, -0.15) is 0 Å². The minimum Gasteiger partial charge on any atom is -0.489 e. The predicted molar refractivity (Wildman–Crippen MR) is 150 cm³/mol. The Morgan fingerprint density at radius 1 is 0.973 bits per heavy atom. The summed E-state index contributed by atoms with van der Waals surface area (Å²) < 4.78 is 6.34. The van der Waals surface area contributed by atoms with Crippen LogP contribution in [0.2, 0.25) is 0 Å². The second kappa shape index (κ2) is 12.4. The molecule has 194 valence electrons. The summed E-state index contributed by atoms with van der Waals surface area (Å²) in [7, 11) is 0. The van der Waals surface area contributed by atoms with Crippen LogP contribution < -0.4 is 10.1 Å². The second-order valence-electron chi connectivity index (χ2n) is 10.6. The average molecular weight is 499 g/mol. The lowest BCUT2D eigenvalue weighted by Gasteiger charge is -2.26. The van der Waals surface area contributed by atoms with Crippen LogP contribution in [0.3, 0.4) is 0 Å². The summed E-state index contributed by atoms with van der Waals surface area (Å²) in [6.07, 6.45) is 10.3. The van der Waals surface area contributed by atoms with E-state index in [0.717, 1.165) is 46.7 Å². The van der Waals surface area contributed by atoms with Gasteiger partial charge in [-0.3, -0.25) is 0 Å². The van der Waals surface area contributed by atoms with Crippen molar-refractivity contribution < 1.29 is 14.6 Å². The standard InChI is InChI=1S/C32H38N2O3/c35-32(36)28-15-13-24(14-16-28)19-26(23-37-31-12-6-10-27-9-4-5-11-30(27)31)20-33-29-17-18-34(22-29)21-25-7-2-1-3-8-25/h4-6,9-16,19,25,29,33H,1-3,7-8,17-18,20-23H2,(H,35,36)/b26-19+. The summed E-state index contributed by atoms with van der Waals surface area (Å²) in [5.41, 5.74) is 2.42. The van der Waals surface area contributed by atoms with Crippen molar-refractivity contribution in [1.29, 1.82) is 0 Å². The van der Waals surface area contributed by atoms with E-state index >= 15 is 0 Å². The Morgan fingerprint density at radius 3 is 2.57 bits per heavy atom. The zero-order chi connectivity index (χ0) is 25.5. The highest BCUT2D eigenvalue weighted by atomic mass is 16.5. The number of fused-ring (bicyclic) bond motifs is 1. The summed E-state index contributed by atoms with van der Waals surface area (Å²) >= 11 is 0. The van der Waals surface area contributed by atoms with Crippen molar-refractivity contribution in [2.24, 2.45) is 5.92 Å². The van der Waals surface area contributed by atoms with E-state index in [-0.39, 0.29) is 0 Å². The maximum absolute atomic E-state index is 11.3. The van der Waals surface area contributed by atoms with Crippen molar-refractivity contribution in [3.8, 4) is 5.75 Å². The third kappa shape index (κ3) is 7.00. The number of aromatic carboxylic acids is 1. The summed E-state index contributed by atoms with van der Waals surface area (Å²) in [4.78, 5) is 13.9. The highest BCUT2D eigenvalue weighted by Gasteiger charge is 2.25. The van der Waals surface area contributed by atoms with Crippen LogP contribution in [0.25, 0.3) is 16.8 Å². The van der Waals surface area contributed by atoms with Crippen molar-refractivity contribution in [3.05, 3.63) is 83.4 Å². The summed E-state index contributed by atoms with van der Waals surface area (Å²) in [5.74, 6) is 0.853. The highest BCUT2D eigenvalue weighted by molar-refractivity contribution is 5.88. The monoisotopic (exact) mass is 498 g/mol. The fourth-order valence-corrected chi connectivity index (χ4v) is 5.77. The molecule has 0 amide bonds. The Hall–Kier alpha value is -3.15. The van der Waals surface area contributed by atoms with Crippen LogP contribution in [0, 0.1) is 5.92 Å². The first-order valence-corrected chi connectivity index (χ1v) is 13.7. The fraction of sp³-hybridized carbons (Fsp3) is 0.406. The van der Waals surface area contributed by atoms with Crippen LogP contribution in [-0.4, -0.2) is 54.8 Å². The minimum atomic E-state index is -0.907. The van der Waals surface area contributed by atoms with E-state index in [1.54, 1.807) is 12.1 Å². The number of rotatable bonds is 10. The SMILES string of the molecule is O=C(O)c1ccc(/C=C(\CNC2CCN(CC3CCCCC3)C2)COc2cccc3ccccc23)cc1. The molecule has 3 aromatic rings. The Kier molecular flexibility index (Phi) is 8.54. The van der Waals surface area contributed by atoms with Gasteiger partial charge in [0.2, 0.25) is 0 Å². The molecule has 0 aromatic heterocycles. The van der Waals surface area contributed by atoms with Gasteiger partial charge in [-0.1, -0.05) is 73.9 Å². The molecule has 1 aliphatic carbocycles. The number of carboxylic acid groups (broad SMARTS) is 1. The number of carbonyl (C=O) groups is 1. The molecule has 3 aromatic carbocycles. The molecule has 1 saturated heterocycles. The number of likely N-dealkylation sites (tertiary alicyclic amines) is 1. The highest BCUT2D eigenvalue weighted by Crippen LogP contribution is 2.27. The third-order valence-electron chi connectivity index (χ3n) is 7.82.